The van der Waals surface area contributed by atoms with Gasteiger partial charge < -0.3 is 5.32 Å². The van der Waals surface area contributed by atoms with Gasteiger partial charge in [-0.15, -0.1) is 0 Å². The number of halogens is 1. The van der Waals surface area contributed by atoms with E-state index in [1.165, 1.54) is 30.5 Å². The van der Waals surface area contributed by atoms with E-state index in [2.05, 4.69) is 10.4 Å². The lowest BCUT2D eigenvalue weighted by Crippen LogP contribution is -2.44. The summed E-state index contributed by atoms with van der Waals surface area (Å²) in [5.41, 5.74) is 1.07. The number of benzene rings is 1. The molecule has 1 aliphatic heterocycles. The van der Waals surface area contributed by atoms with E-state index in [1.807, 2.05) is 13.8 Å². The second-order valence-corrected chi connectivity index (χ2v) is 5.74. The highest BCUT2D eigenvalue weighted by Gasteiger charge is 2.47. The van der Waals surface area contributed by atoms with Gasteiger partial charge in [-0.2, -0.15) is 5.10 Å². The molecule has 1 aliphatic rings. The number of fused-ring (bicyclic) bond motifs is 1. The highest BCUT2D eigenvalue weighted by atomic mass is 19.1. The Bertz CT molecular complexity index is 770. The van der Waals surface area contributed by atoms with Crippen molar-refractivity contribution < 1.29 is 14.1 Å². The lowest BCUT2D eigenvalue weighted by molar-refractivity contribution is -0.509. The average Bonchev–Trinajstić information content (AvgIpc) is 2.90. The first-order chi connectivity index (χ1) is 10.9. The second-order valence-electron chi connectivity index (χ2n) is 5.74. The molecule has 1 amide bonds. The van der Waals surface area contributed by atoms with E-state index in [0.717, 1.165) is 0 Å². The molecule has 23 heavy (non-hydrogen) atoms. The molecule has 2 aromatic rings. The molecule has 0 saturated carbocycles. The molecule has 1 aromatic heterocycles. The van der Waals surface area contributed by atoms with Crippen molar-refractivity contribution in [2.45, 2.75) is 31.8 Å². The Labute approximate surface area is 131 Å². The Balaban J connectivity index is 2.18. The predicted octanol–water partition coefficient (Wildman–Crippen LogP) is 2.33. The number of nitro groups is 1. The number of carbonyl (C=O) groups is 1. The van der Waals surface area contributed by atoms with Crippen molar-refractivity contribution in [3.63, 3.8) is 0 Å². The molecule has 2 heterocycles. The quantitative estimate of drug-likeness (QED) is 0.694. The summed E-state index contributed by atoms with van der Waals surface area (Å²) < 4.78 is 14.8. The van der Waals surface area contributed by atoms with Gasteiger partial charge in [0, 0.05) is 16.5 Å². The third-order valence-electron chi connectivity index (χ3n) is 3.93. The zero-order chi connectivity index (χ0) is 16.7. The van der Waals surface area contributed by atoms with Gasteiger partial charge >= 0.3 is 11.9 Å². The summed E-state index contributed by atoms with van der Waals surface area (Å²) in [5, 5.41) is 18.2. The zero-order valence-corrected chi connectivity index (χ0v) is 12.6. The van der Waals surface area contributed by atoms with Crippen LogP contribution in [-0.4, -0.2) is 26.7 Å². The van der Waals surface area contributed by atoms with Crippen LogP contribution in [0.2, 0.25) is 0 Å². The van der Waals surface area contributed by atoms with E-state index in [9.17, 15) is 19.3 Å². The Morgan fingerprint density at radius 1 is 1.35 bits per heavy atom. The zero-order valence-electron chi connectivity index (χ0n) is 12.6. The molecule has 0 fully saturated rings. The molecule has 0 aliphatic carbocycles. The first-order valence-corrected chi connectivity index (χ1v) is 7.17. The summed E-state index contributed by atoms with van der Waals surface area (Å²) in [6.45, 7) is 3.79. The molecule has 0 spiro atoms. The van der Waals surface area contributed by atoms with Crippen LogP contribution in [0.1, 0.15) is 36.9 Å². The number of nitrogens with zero attached hydrogens (tertiary/aromatic N) is 3. The summed E-state index contributed by atoms with van der Waals surface area (Å²) in [7, 11) is 0. The van der Waals surface area contributed by atoms with Crippen molar-refractivity contribution in [2.24, 2.45) is 0 Å². The minimum Gasteiger partial charge on any atom is -0.305 e. The minimum atomic E-state index is -1.47. The van der Waals surface area contributed by atoms with Crippen molar-refractivity contribution >= 4 is 11.7 Å². The number of amides is 1. The maximum absolute atomic E-state index is 13.2. The van der Waals surface area contributed by atoms with Gasteiger partial charge in [-0.3, -0.25) is 14.9 Å². The molecule has 120 valence electrons. The monoisotopic (exact) mass is 318 g/mol. The van der Waals surface area contributed by atoms with E-state index >= 15 is 0 Å². The number of aromatic nitrogens is 2. The molecular formula is C15H15FN4O3. The predicted molar refractivity (Wildman–Crippen MR) is 80.3 cm³/mol. The van der Waals surface area contributed by atoms with E-state index in [-0.39, 0.29) is 6.04 Å². The number of carbonyl (C=O) groups excluding carboxylic acids is 1. The maximum atomic E-state index is 13.2. The molecule has 8 heteroatoms. The number of anilines is 1. The van der Waals surface area contributed by atoms with Crippen LogP contribution in [-0.2, 0) is 4.79 Å². The lowest BCUT2D eigenvalue weighted by Gasteiger charge is -2.27. The highest BCUT2D eigenvalue weighted by molar-refractivity contribution is 5.97. The van der Waals surface area contributed by atoms with Crippen LogP contribution in [0.3, 0.4) is 0 Å². The molecular weight excluding hydrogens is 303 g/mol. The number of nitrogens with one attached hydrogen (secondary N) is 1. The van der Waals surface area contributed by atoms with Gasteiger partial charge in [0.15, 0.2) is 0 Å². The van der Waals surface area contributed by atoms with Crippen LogP contribution in [0.15, 0.2) is 30.5 Å². The molecule has 0 radical (unpaired) electrons. The summed E-state index contributed by atoms with van der Waals surface area (Å²) in [6, 6.07) is 3.89. The third-order valence-corrected chi connectivity index (χ3v) is 3.93. The molecule has 0 unspecified atom stereocenters. The molecule has 2 atom stereocenters. The molecule has 3 rings (SSSR count). The Kier molecular flexibility index (Phi) is 3.59. The number of hydrogen-bond acceptors (Lipinski definition) is 4. The van der Waals surface area contributed by atoms with E-state index < -0.39 is 28.6 Å². The third kappa shape index (κ3) is 2.45. The van der Waals surface area contributed by atoms with Gasteiger partial charge in [0.25, 0.3) is 0 Å². The average molecular weight is 318 g/mol. The van der Waals surface area contributed by atoms with E-state index in [0.29, 0.717) is 16.9 Å². The van der Waals surface area contributed by atoms with Crippen molar-refractivity contribution in [1.29, 1.82) is 0 Å². The fraction of sp³-hybridized carbons (Fsp3) is 0.333. The standard InChI is InChI=1S/C15H15FN4O3/c1-8(2)19-14-11(7-17-19)12(9-3-5-10(16)6-4-9)13(20(22)23)15(21)18-14/h3-8,12-13H,1-2H3,(H,18,21)/t12-,13+/m0/s1. The van der Waals surface area contributed by atoms with Gasteiger partial charge in [-0.1, -0.05) is 12.1 Å². The minimum absolute atomic E-state index is 0.0138. The van der Waals surface area contributed by atoms with Gasteiger partial charge in [-0.05, 0) is 31.5 Å². The normalized spacial score (nSPS) is 20.3. The topological polar surface area (TPSA) is 90.1 Å². The van der Waals surface area contributed by atoms with Crippen molar-refractivity contribution in [1.82, 2.24) is 9.78 Å². The summed E-state index contributed by atoms with van der Waals surface area (Å²) in [5.74, 6) is -1.48. The van der Waals surface area contributed by atoms with Gasteiger partial charge in [0.2, 0.25) is 0 Å². The van der Waals surface area contributed by atoms with Crippen LogP contribution in [0.5, 0.6) is 0 Å². The summed E-state index contributed by atoms with van der Waals surface area (Å²) >= 11 is 0. The SMILES string of the molecule is CC(C)n1ncc2c1NC(=O)[C@H]([N+](=O)[O-])[C@H]2c1ccc(F)cc1. The molecule has 1 N–H and O–H groups in total. The van der Waals surface area contributed by atoms with Crippen molar-refractivity contribution in [2.75, 3.05) is 5.32 Å². The van der Waals surface area contributed by atoms with E-state index in [4.69, 9.17) is 0 Å². The second kappa shape index (κ2) is 5.45. The van der Waals surface area contributed by atoms with Crippen LogP contribution in [0.4, 0.5) is 10.2 Å². The van der Waals surface area contributed by atoms with Crippen LogP contribution >= 0.6 is 0 Å². The molecule has 0 saturated heterocycles. The molecule has 1 aromatic carbocycles. The summed E-state index contributed by atoms with van der Waals surface area (Å²) in [6.07, 6.45) is 1.53. The Morgan fingerprint density at radius 2 is 2.00 bits per heavy atom. The molecule has 0 bridgehead atoms. The first-order valence-electron chi connectivity index (χ1n) is 7.17. The Morgan fingerprint density at radius 3 is 2.57 bits per heavy atom. The van der Waals surface area contributed by atoms with Crippen LogP contribution in [0.25, 0.3) is 0 Å². The lowest BCUT2D eigenvalue weighted by atomic mass is 9.83. The fourth-order valence-corrected chi connectivity index (χ4v) is 2.89. The van der Waals surface area contributed by atoms with Gasteiger partial charge in [0.1, 0.15) is 11.6 Å². The largest absolute Gasteiger partial charge is 0.305 e. The van der Waals surface area contributed by atoms with Crippen molar-refractivity contribution in [3.05, 3.63) is 57.5 Å². The van der Waals surface area contributed by atoms with Gasteiger partial charge in [0.05, 0.1) is 12.1 Å². The molecule has 7 nitrogen and oxygen atoms in total. The number of rotatable bonds is 3. The van der Waals surface area contributed by atoms with Gasteiger partial charge in [-0.25, -0.2) is 9.07 Å². The number of hydrogen-bond donors (Lipinski definition) is 1. The smallest absolute Gasteiger partial charge is 0.301 e. The summed E-state index contributed by atoms with van der Waals surface area (Å²) in [4.78, 5) is 23.1. The fourth-order valence-electron chi connectivity index (χ4n) is 2.89. The van der Waals surface area contributed by atoms with Crippen LogP contribution in [0, 0.1) is 15.9 Å². The van der Waals surface area contributed by atoms with Crippen LogP contribution < -0.4 is 5.32 Å². The maximum Gasteiger partial charge on any atom is 0.301 e. The van der Waals surface area contributed by atoms with Crippen molar-refractivity contribution in [3.8, 4) is 0 Å². The Hall–Kier alpha value is -2.77. The van der Waals surface area contributed by atoms with E-state index in [1.54, 1.807) is 4.68 Å². The highest BCUT2D eigenvalue weighted by Crippen LogP contribution is 2.39. The first kappa shape index (κ1) is 15.1.